The number of carbonyl (C=O) groups excluding carboxylic acids is 1. The summed E-state index contributed by atoms with van der Waals surface area (Å²) in [5.41, 5.74) is 1.41. The summed E-state index contributed by atoms with van der Waals surface area (Å²) >= 11 is 7.30. The molecule has 1 aromatic carbocycles. The van der Waals surface area contributed by atoms with Crippen LogP contribution in [0.3, 0.4) is 0 Å². The van der Waals surface area contributed by atoms with Crippen LogP contribution in [0.5, 0.6) is 0 Å². The molecular weight excluding hydrogens is 365 g/mol. The monoisotopic (exact) mass is 381 g/mol. The second-order valence-corrected chi connectivity index (χ2v) is 5.74. The van der Waals surface area contributed by atoms with Gasteiger partial charge in [0.25, 0.3) is 5.91 Å². The van der Waals surface area contributed by atoms with Gasteiger partial charge >= 0.3 is 0 Å². The van der Waals surface area contributed by atoms with E-state index in [1.807, 2.05) is 38.2 Å². The number of carbonyl (C=O) groups is 1. The summed E-state index contributed by atoms with van der Waals surface area (Å²) in [6.45, 7) is 2.57. The summed E-state index contributed by atoms with van der Waals surface area (Å²) in [5.74, 6) is -0.149. The average molecular weight is 383 g/mol. The van der Waals surface area contributed by atoms with E-state index >= 15 is 0 Å². The smallest absolute Gasteiger partial charge is 0.270 e. The van der Waals surface area contributed by atoms with Gasteiger partial charge in [0.1, 0.15) is 10.7 Å². The van der Waals surface area contributed by atoms with Crippen LogP contribution < -0.4 is 10.6 Å². The molecule has 0 spiro atoms. The standard InChI is InChI=1S/C14H16ClN3OS.2ClH/c1-9(16-2)7-17-13(19)12-8-20-14(18-12)10-3-5-11(15)6-4-10;;/h3-6,8-9,16H,7H2,1-2H3,(H,17,19);2*1H. The number of benzene rings is 1. The van der Waals surface area contributed by atoms with Crippen LogP contribution in [0, 0.1) is 0 Å². The molecule has 1 amide bonds. The van der Waals surface area contributed by atoms with Crippen molar-refractivity contribution in [3.05, 3.63) is 40.4 Å². The van der Waals surface area contributed by atoms with E-state index in [0.29, 0.717) is 17.3 Å². The maximum Gasteiger partial charge on any atom is 0.270 e. The molecule has 1 unspecified atom stereocenters. The summed E-state index contributed by atoms with van der Waals surface area (Å²) in [6, 6.07) is 7.64. The van der Waals surface area contributed by atoms with Crippen molar-refractivity contribution in [3.8, 4) is 10.6 Å². The molecule has 0 aliphatic heterocycles. The fourth-order valence-corrected chi connectivity index (χ4v) is 2.47. The van der Waals surface area contributed by atoms with E-state index in [1.54, 1.807) is 5.38 Å². The average Bonchev–Trinajstić information content (AvgIpc) is 2.95. The second kappa shape index (κ2) is 10.0. The summed E-state index contributed by atoms with van der Waals surface area (Å²) in [4.78, 5) is 16.3. The Morgan fingerprint density at radius 1 is 1.32 bits per heavy atom. The Balaban J connectivity index is 0.00000220. The molecule has 2 aromatic rings. The van der Waals surface area contributed by atoms with E-state index in [2.05, 4.69) is 15.6 Å². The molecular formula is C14H18Cl3N3OS. The Bertz CT molecular complexity index is 589. The lowest BCUT2D eigenvalue weighted by Crippen LogP contribution is -2.37. The molecule has 0 fully saturated rings. The first-order chi connectivity index (χ1) is 9.60. The maximum atomic E-state index is 11.9. The molecule has 2 rings (SSSR count). The van der Waals surface area contributed by atoms with Crippen molar-refractivity contribution < 1.29 is 4.79 Å². The maximum absolute atomic E-state index is 11.9. The molecule has 1 atom stereocenters. The molecule has 1 heterocycles. The molecule has 4 nitrogen and oxygen atoms in total. The third kappa shape index (κ3) is 5.74. The van der Waals surface area contributed by atoms with Gasteiger partial charge in [-0.1, -0.05) is 23.7 Å². The van der Waals surface area contributed by atoms with E-state index in [0.717, 1.165) is 10.6 Å². The largest absolute Gasteiger partial charge is 0.349 e. The number of likely N-dealkylation sites (N-methyl/N-ethyl adjacent to an activating group) is 1. The van der Waals surface area contributed by atoms with Crippen molar-refractivity contribution in [2.45, 2.75) is 13.0 Å². The first-order valence-corrected chi connectivity index (χ1v) is 7.53. The van der Waals surface area contributed by atoms with Gasteiger partial charge in [-0.05, 0) is 26.1 Å². The second-order valence-electron chi connectivity index (χ2n) is 4.44. The van der Waals surface area contributed by atoms with Crippen molar-refractivity contribution in [1.82, 2.24) is 15.6 Å². The van der Waals surface area contributed by atoms with E-state index in [4.69, 9.17) is 11.6 Å². The van der Waals surface area contributed by atoms with Crippen molar-refractivity contribution in [2.24, 2.45) is 0 Å². The quantitative estimate of drug-likeness (QED) is 0.830. The first kappa shape index (κ1) is 21.1. The lowest BCUT2D eigenvalue weighted by atomic mass is 10.2. The number of aromatic nitrogens is 1. The topological polar surface area (TPSA) is 54.0 Å². The third-order valence-corrected chi connectivity index (χ3v) is 4.03. The summed E-state index contributed by atoms with van der Waals surface area (Å²) in [7, 11) is 1.86. The van der Waals surface area contributed by atoms with Crippen LogP contribution in [0.2, 0.25) is 5.02 Å². The molecule has 22 heavy (non-hydrogen) atoms. The van der Waals surface area contributed by atoms with Crippen LogP contribution in [0.4, 0.5) is 0 Å². The fraction of sp³-hybridized carbons (Fsp3) is 0.286. The number of thiazole rings is 1. The minimum atomic E-state index is -0.149. The minimum absolute atomic E-state index is 0. The summed E-state index contributed by atoms with van der Waals surface area (Å²) < 4.78 is 0. The first-order valence-electron chi connectivity index (χ1n) is 6.27. The minimum Gasteiger partial charge on any atom is -0.349 e. The fourth-order valence-electron chi connectivity index (χ4n) is 1.54. The molecule has 0 saturated carbocycles. The molecule has 0 aliphatic carbocycles. The number of hydrogen-bond acceptors (Lipinski definition) is 4. The zero-order valence-electron chi connectivity index (χ0n) is 12.1. The number of amides is 1. The molecule has 0 saturated heterocycles. The van der Waals surface area contributed by atoms with Crippen LogP contribution in [0.1, 0.15) is 17.4 Å². The highest BCUT2D eigenvalue weighted by Crippen LogP contribution is 2.24. The van der Waals surface area contributed by atoms with Gasteiger partial charge in [0.2, 0.25) is 0 Å². The SMILES string of the molecule is CNC(C)CNC(=O)c1csc(-c2ccc(Cl)cc2)n1.Cl.Cl. The Morgan fingerprint density at radius 2 is 1.95 bits per heavy atom. The zero-order valence-corrected chi connectivity index (χ0v) is 15.3. The highest BCUT2D eigenvalue weighted by Gasteiger charge is 2.12. The molecule has 8 heteroatoms. The van der Waals surface area contributed by atoms with Crippen LogP contribution in [-0.2, 0) is 0 Å². The Kier molecular flexibility index (Phi) is 9.64. The van der Waals surface area contributed by atoms with Gasteiger partial charge < -0.3 is 10.6 Å². The Labute approximate surface area is 151 Å². The van der Waals surface area contributed by atoms with Gasteiger partial charge in [-0.15, -0.1) is 36.2 Å². The number of halogens is 3. The van der Waals surface area contributed by atoms with Crippen LogP contribution >= 0.6 is 47.8 Å². The molecule has 0 radical (unpaired) electrons. The number of nitrogens with zero attached hydrogens (tertiary/aromatic N) is 1. The predicted molar refractivity (Wildman–Crippen MR) is 97.9 cm³/mol. The highest BCUT2D eigenvalue weighted by molar-refractivity contribution is 7.13. The lowest BCUT2D eigenvalue weighted by Gasteiger charge is -2.10. The van der Waals surface area contributed by atoms with Crippen LogP contribution in [0.15, 0.2) is 29.6 Å². The summed E-state index contributed by atoms with van der Waals surface area (Å²) in [5, 5.41) is 9.17. The third-order valence-electron chi connectivity index (χ3n) is 2.89. The molecule has 1 aromatic heterocycles. The van der Waals surface area contributed by atoms with Gasteiger partial charge in [-0.25, -0.2) is 4.98 Å². The van der Waals surface area contributed by atoms with Crippen LogP contribution in [0.25, 0.3) is 10.6 Å². The van der Waals surface area contributed by atoms with Gasteiger partial charge in [0.05, 0.1) is 0 Å². The zero-order chi connectivity index (χ0) is 14.5. The van der Waals surface area contributed by atoms with E-state index < -0.39 is 0 Å². The van der Waals surface area contributed by atoms with Crippen molar-refractivity contribution in [3.63, 3.8) is 0 Å². The van der Waals surface area contributed by atoms with Crippen molar-refractivity contribution in [2.75, 3.05) is 13.6 Å². The normalized spacial score (nSPS) is 11.0. The number of hydrogen-bond donors (Lipinski definition) is 2. The van der Waals surface area contributed by atoms with E-state index in [-0.39, 0.29) is 36.8 Å². The van der Waals surface area contributed by atoms with Gasteiger partial charge in [-0.2, -0.15) is 0 Å². The highest BCUT2D eigenvalue weighted by atomic mass is 35.5. The van der Waals surface area contributed by atoms with Crippen molar-refractivity contribution >= 4 is 53.7 Å². The van der Waals surface area contributed by atoms with E-state index in [9.17, 15) is 4.79 Å². The number of rotatable bonds is 5. The Hall–Kier alpha value is -0.850. The van der Waals surface area contributed by atoms with Gasteiger partial charge in [0, 0.05) is 28.6 Å². The van der Waals surface area contributed by atoms with E-state index in [1.165, 1.54) is 11.3 Å². The number of nitrogens with one attached hydrogen (secondary N) is 2. The van der Waals surface area contributed by atoms with Crippen LogP contribution in [-0.4, -0.2) is 30.5 Å². The molecule has 0 aliphatic rings. The Morgan fingerprint density at radius 3 is 2.55 bits per heavy atom. The summed E-state index contributed by atoms with van der Waals surface area (Å²) in [6.07, 6.45) is 0. The van der Waals surface area contributed by atoms with Gasteiger partial charge in [0.15, 0.2) is 0 Å². The molecule has 2 N–H and O–H groups in total. The van der Waals surface area contributed by atoms with Crippen molar-refractivity contribution in [1.29, 1.82) is 0 Å². The molecule has 0 bridgehead atoms. The van der Waals surface area contributed by atoms with Gasteiger partial charge in [-0.3, -0.25) is 4.79 Å². The lowest BCUT2D eigenvalue weighted by molar-refractivity contribution is 0.0946. The predicted octanol–water partition coefficient (Wildman–Crippen LogP) is 3.64. The molecule has 122 valence electrons.